The lowest BCUT2D eigenvalue weighted by atomic mass is 9.79. The molecular formula is C42H45N3O4. The standard InChI is InChI=1S/C42H45N3O4/c1-26-6-5-9-34-21-39(47)31-12-14-35-29(19-31)13-15-38(46)41(35)49-24-33-18-28(16-27-7-3-2-4-8-27)17-32-22-45(23-36(32)33)42-37(25-48-34)30(11-10-26)20-40(43)44-42/h2-4,7-8,13,15,17-18,20,22-23,26,31,34,39-40,44,46-47H,5-6,9,12,14,16,19,21,24-25,43H2,1H3. The Labute approximate surface area is 288 Å². The fourth-order valence-corrected chi connectivity index (χ4v) is 8.10. The Morgan fingerprint density at radius 3 is 2.76 bits per heavy atom. The van der Waals surface area contributed by atoms with E-state index >= 15 is 0 Å². The number of dihydropyridines is 1. The Balaban J connectivity index is 1.29. The average Bonchev–Trinajstić information content (AvgIpc) is 3.52. The van der Waals surface area contributed by atoms with Gasteiger partial charge in [0.2, 0.25) is 0 Å². The van der Waals surface area contributed by atoms with Gasteiger partial charge in [-0.15, -0.1) is 0 Å². The van der Waals surface area contributed by atoms with E-state index in [1.807, 2.05) is 18.2 Å². The minimum absolute atomic E-state index is 0.0965. The molecule has 0 spiro atoms. The van der Waals surface area contributed by atoms with E-state index in [-0.39, 0.29) is 23.7 Å². The predicted octanol–water partition coefficient (Wildman–Crippen LogP) is 6.58. The summed E-state index contributed by atoms with van der Waals surface area (Å²) >= 11 is 0. The molecule has 0 fully saturated rings. The zero-order chi connectivity index (χ0) is 33.5. The van der Waals surface area contributed by atoms with Crippen molar-refractivity contribution in [1.82, 2.24) is 9.88 Å². The van der Waals surface area contributed by atoms with Gasteiger partial charge in [-0.1, -0.05) is 61.2 Å². The van der Waals surface area contributed by atoms with Crippen LogP contribution in [0.5, 0.6) is 11.5 Å². The lowest BCUT2D eigenvalue weighted by Gasteiger charge is -2.32. The van der Waals surface area contributed by atoms with Crippen molar-refractivity contribution in [3.05, 3.63) is 112 Å². The number of hydrogen-bond acceptors (Lipinski definition) is 6. The molecule has 0 saturated carbocycles. The zero-order valence-electron chi connectivity index (χ0n) is 28.1. The molecule has 1 aliphatic carbocycles. The normalized spacial score (nSPS) is 25.4. The van der Waals surface area contributed by atoms with Gasteiger partial charge in [-0.05, 0) is 97.7 Å². The average molecular weight is 656 g/mol. The Morgan fingerprint density at radius 2 is 1.88 bits per heavy atom. The van der Waals surface area contributed by atoms with Crippen LogP contribution >= 0.6 is 0 Å². The zero-order valence-corrected chi connectivity index (χ0v) is 28.1. The highest BCUT2D eigenvalue weighted by Gasteiger charge is 2.31. The van der Waals surface area contributed by atoms with Crippen LogP contribution in [-0.2, 0) is 30.6 Å². The van der Waals surface area contributed by atoms with Crippen molar-refractivity contribution in [3.8, 4) is 23.3 Å². The summed E-state index contributed by atoms with van der Waals surface area (Å²) < 4.78 is 15.4. The molecule has 5 heterocycles. The maximum atomic E-state index is 11.6. The molecule has 1 aromatic heterocycles. The first-order valence-electron chi connectivity index (χ1n) is 17.8. The van der Waals surface area contributed by atoms with E-state index in [0.717, 1.165) is 89.4 Å². The topological polar surface area (TPSA) is 102 Å². The molecule has 4 aliphatic heterocycles. The number of aromatic hydroxyl groups is 1. The van der Waals surface area contributed by atoms with E-state index < -0.39 is 12.3 Å². The molecule has 7 heteroatoms. The third-order valence-corrected chi connectivity index (χ3v) is 10.8. The number of nitrogens with zero attached hydrogens (tertiary/aromatic N) is 1. The molecule has 0 radical (unpaired) electrons. The van der Waals surface area contributed by atoms with Crippen LogP contribution in [0.1, 0.15) is 66.8 Å². The van der Waals surface area contributed by atoms with Crippen LogP contribution in [-0.4, -0.2) is 39.8 Å². The van der Waals surface area contributed by atoms with Gasteiger partial charge in [0.15, 0.2) is 11.5 Å². The van der Waals surface area contributed by atoms with Crippen LogP contribution in [0.15, 0.2) is 84.2 Å². The third kappa shape index (κ3) is 6.61. The Hall–Kier alpha value is -4.48. The van der Waals surface area contributed by atoms with E-state index in [1.54, 1.807) is 6.07 Å². The number of nitrogens with one attached hydrogen (secondary N) is 1. The minimum Gasteiger partial charge on any atom is -0.504 e. The molecule has 5 atom stereocenters. The number of benzene rings is 3. The van der Waals surface area contributed by atoms with Gasteiger partial charge >= 0.3 is 0 Å². The maximum absolute atomic E-state index is 11.6. The Bertz CT molecular complexity index is 2000. The van der Waals surface area contributed by atoms with Crippen LogP contribution in [0, 0.1) is 23.7 Å². The second-order valence-electron chi connectivity index (χ2n) is 14.3. The number of aromatic nitrogens is 1. The van der Waals surface area contributed by atoms with Crippen LogP contribution in [0.2, 0.25) is 0 Å². The molecule has 5 unspecified atom stereocenters. The first kappa shape index (κ1) is 31.8. The van der Waals surface area contributed by atoms with Gasteiger partial charge in [0.1, 0.15) is 12.4 Å². The van der Waals surface area contributed by atoms with E-state index in [4.69, 9.17) is 15.2 Å². The first-order chi connectivity index (χ1) is 23.9. The molecule has 5 N–H and O–H groups in total. The van der Waals surface area contributed by atoms with Crippen molar-refractivity contribution in [1.29, 1.82) is 0 Å². The molecule has 3 aromatic carbocycles. The molecule has 8 bridgehead atoms. The van der Waals surface area contributed by atoms with Crippen LogP contribution < -0.4 is 15.8 Å². The first-order valence-corrected chi connectivity index (χ1v) is 17.8. The van der Waals surface area contributed by atoms with Crippen LogP contribution in [0.4, 0.5) is 0 Å². The highest BCUT2D eigenvalue weighted by Crippen LogP contribution is 2.41. The number of phenols is 1. The third-order valence-electron chi connectivity index (χ3n) is 10.8. The predicted molar refractivity (Wildman–Crippen MR) is 193 cm³/mol. The molecule has 252 valence electrons. The fraction of sp³-hybridized carbons (Fsp3) is 0.381. The quantitative estimate of drug-likeness (QED) is 0.182. The summed E-state index contributed by atoms with van der Waals surface area (Å²) in [6, 6.07) is 18.7. The second kappa shape index (κ2) is 13.4. The number of nitrogens with two attached hydrogens (primary N) is 1. The largest absolute Gasteiger partial charge is 0.504 e. The van der Waals surface area contributed by atoms with E-state index in [1.165, 1.54) is 11.1 Å². The number of aliphatic hydroxyl groups is 1. The van der Waals surface area contributed by atoms with Crippen LogP contribution in [0.25, 0.3) is 16.6 Å². The van der Waals surface area contributed by atoms with Crippen molar-refractivity contribution in [2.75, 3.05) is 6.61 Å². The smallest absolute Gasteiger partial charge is 0.164 e. The molecule has 9 rings (SSSR count). The van der Waals surface area contributed by atoms with Crippen molar-refractivity contribution in [2.45, 2.75) is 83.3 Å². The summed E-state index contributed by atoms with van der Waals surface area (Å²) in [7, 11) is 0. The number of rotatable bonds is 2. The molecular weight excluding hydrogens is 610 g/mol. The van der Waals surface area contributed by atoms with Gasteiger partial charge in [0.25, 0.3) is 0 Å². The van der Waals surface area contributed by atoms with Crippen molar-refractivity contribution >= 4 is 16.6 Å². The Morgan fingerprint density at radius 1 is 1.00 bits per heavy atom. The van der Waals surface area contributed by atoms with E-state index in [2.05, 4.69) is 77.4 Å². The van der Waals surface area contributed by atoms with Gasteiger partial charge in [-0.3, -0.25) is 0 Å². The van der Waals surface area contributed by atoms with Gasteiger partial charge in [-0.2, -0.15) is 0 Å². The van der Waals surface area contributed by atoms with Gasteiger partial charge in [0.05, 0.1) is 25.0 Å². The Kier molecular flexibility index (Phi) is 8.71. The molecule has 7 nitrogen and oxygen atoms in total. The van der Waals surface area contributed by atoms with Gasteiger partial charge < -0.3 is 35.3 Å². The van der Waals surface area contributed by atoms with Crippen molar-refractivity contribution < 1.29 is 19.7 Å². The molecule has 0 amide bonds. The molecule has 4 aromatic rings. The van der Waals surface area contributed by atoms with Gasteiger partial charge in [0, 0.05) is 45.8 Å². The summed E-state index contributed by atoms with van der Waals surface area (Å²) in [4.78, 5) is 0. The summed E-state index contributed by atoms with van der Waals surface area (Å²) in [5, 5.41) is 28.4. The van der Waals surface area contributed by atoms with Crippen molar-refractivity contribution in [2.24, 2.45) is 17.6 Å². The SMILES string of the molecule is CC1C#CC2=CC(N)NC3=C2COC(CCC1)CC(O)C1CCc2c(ccc(O)c2OCc2cc(Cc4ccccc4)cc4cn3cc24)C1. The van der Waals surface area contributed by atoms with Crippen molar-refractivity contribution in [3.63, 3.8) is 0 Å². The monoisotopic (exact) mass is 655 g/mol. The maximum Gasteiger partial charge on any atom is 0.164 e. The summed E-state index contributed by atoms with van der Waals surface area (Å²) in [5.41, 5.74) is 14.1. The van der Waals surface area contributed by atoms with Crippen LogP contribution in [0.3, 0.4) is 0 Å². The van der Waals surface area contributed by atoms with Gasteiger partial charge in [-0.25, -0.2) is 0 Å². The minimum atomic E-state index is -0.498. The van der Waals surface area contributed by atoms with E-state index in [9.17, 15) is 10.2 Å². The highest BCUT2D eigenvalue weighted by atomic mass is 16.5. The number of phenolic OH excluding ortho intramolecular Hbond substituents is 1. The summed E-state index contributed by atoms with van der Waals surface area (Å²) in [5.74, 6) is 8.87. The molecule has 5 aliphatic rings. The lowest BCUT2D eigenvalue weighted by molar-refractivity contribution is -0.00219. The summed E-state index contributed by atoms with van der Waals surface area (Å²) in [6.45, 7) is 2.85. The number of hydrogen-bond donors (Lipinski definition) is 4. The molecule has 49 heavy (non-hydrogen) atoms. The number of aliphatic hydroxyl groups excluding tert-OH is 1. The summed E-state index contributed by atoms with van der Waals surface area (Å²) in [6.07, 6.45) is 11.8. The van der Waals surface area contributed by atoms with E-state index in [0.29, 0.717) is 25.4 Å². The lowest BCUT2D eigenvalue weighted by Crippen LogP contribution is -2.40. The highest BCUT2D eigenvalue weighted by molar-refractivity contribution is 5.88. The second-order valence-corrected chi connectivity index (χ2v) is 14.3. The number of ether oxygens (including phenoxy) is 2. The number of fused-ring (bicyclic) bond motifs is 3. The fourth-order valence-electron chi connectivity index (χ4n) is 8.10. The molecule has 0 saturated heterocycles.